The zero-order valence-corrected chi connectivity index (χ0v) is 55.9. The van der Waals surface area contributed by atoms with Crippen molar-refractivity contribution in [3.8, 4) is 0 Å². The number of amides is 6. The second kappa shape index (κ2) is 39.1. The predicted octanol–water partition coefficient (Wildman–Crippen LogP) is 2.28. The van der Waals surface area contributed by atoms with Crippen LogP contribution in [-0.4, -0.2) is 296 Å². The Balaban J connectivity index is 0.000000150. The van der Waals surface area contributed by atoms with Gasteiger partial charge in [0.25, 0.3) is 0 Å². The molecule has 27 nitrogen and oxygen atoms in total. The summed E-state index contributed by atoms with van der Waals surface area (Å²) in [6, 6.07) is 39.5. The first-order valence-electron chi connectivity index (χ1n) is 33.5. The number of aliphatic hydroxyl groups excluding tert-OH is 2. The molecule has 6 amide bonds. The van der Waals surface area contributed by atoms with Crippen molar-refractivity contribution in [1.82, 2.24) is 60.0 Å². The number of ketones is 3. The third kappa shape index (κ3) is 25.2. The number of aliphatic hydroxyl groups is 2. The minimum Gasteiger partial charge on any atom is -0.445 e. The van der Waals surface area contributed by atoms with E-state index in [0.29, 0.717) is 109 Å². The van der Waals surface area contributed by atoms with Crippen molar-refractivity contribution >= 4 is 53.5 Å². The van der Waals surface area contributed by atoms with Gasteiger partial charge in [0.15, 0.2) is 5.78 Å². The summed E-state index contributed by atoms with van der Waals surface area (Å²) in [5.41, 5.74) is 3.88. The molecule has 10 fully saturated rings. The Hall–Kier alpha value is -8.41. The molecule has 14 rings (SSSR count). The number of nitrogens with one attached hydrogen (secondary N) is 3. The normalized spacial score (nSPS) is 20.0. The van der Waals surface area contributed by atoms with E-state index in [4.69, 9.17) is 29.2 Å². The molecule has 0 saturated carbocycles. The number of piperidine rings is 2. The lowest BCUT2D eigenvalue weighted by atomic mass is 10.0. The molecule has 526 valence electrons. The van der Waals surface area contributed by atoms with Crippen LogP contribution < -0.4 is 16.0 Å². The molecule has 5 N–H and O–H groups in total. The number of likely N-dealkylation sites (N-methyl/N-ethyl adjacent to an activating group) is 2. The molecule has 0 aromatic heterocycles. The zero-order chi connectivity index (χ0) is 68.9. The SMILES string of the molecule is CN1CCN(C2CN(C(=O)OCc3ccccc3)C2)CC1=O.CN1CCN(C2CNC2)CC1=O.O=C(OCc1ccccc1)N1CC(O)C1.O=C1CCCN(C2CN(C(=O)OCc3ccccc3)C2)C1.O=C1CCCNC1.O=C1CN(C(=O)OCc2ccccc2)C1.OC1CNC1. The summed E-state index contributed by atoms with van der Waals surface area (Å²) in [4.78, 5) is 118. The van der Waals surface area contributed by atoms with Crippen LogP contribution in [0.25, 0.3) is 0 Å². The summed E-state index contributed by atoms with van der Waals surface area (Å²) >= 11 is 0. The highest BCUT2D eigenvalue weighted by atomic mass is 16.6. The molecule has 27 heteroatoms. The number of carbonyl (C=O) groups is 9. The van der Waals surface area contributed by atoms with Crippen LogP contribution in [-0.2, 0) is 69.3 Å². The average molecular weight is 1350 g/mol. The summed E-state index contributed by atoms with van der Waals surface area (Å²) in [7, 11) is 3.70. The van der Waals surface area contributed by atoms with E-state index in [1.54, 1.807) is 14.7 Å². The summed E-state index contributed by atoms with van der Waals surface area (Å²) < 4.78 is 20.7. The Morgan fingerprint density at radius 1 is 0.392 bits per heavy atom. The number of rotatable bonds is 11. The first-order chi connectivity index (χ1) is 46.9. The fourth-order valence-electron chi connectivity index (χ4n) is 10.9. The number of carbonyl (C=O) groups excluding carboxylic acids is 9. The Kier molecular flexibility index (Phi) is 30.0. The smallest absolute Gasteiger partial charge is 0.410 e. The minimum atomic E-state index is -0.418. The minimum absolute atomic E-state index is 0.0463. The third-order valence-electron chi connectivity index (χ3n) is 17.6. The van der Waals surface area contributed by atoms with E-state index in [9.17, 15) is 43.2 Å². The number of piperazine rings is 2. The van der Waals surface area contributed by atoms with Crippen LogP contribution >= 0.6 is 0 Å². The van der Waals surface area contributed by atoms with Crippen LogP contribution in [0, 0.1) is 0 Å². The molecular weight excluding hydrogens is 1250 g/mol. The number of hydrogen-bond acceptors (Lipinski definition) is 21. The van der Waals surface area contributed by atoms with Gasteiger partial charge in [-0.1, -0.05) is 121 Å². The molecule has 0 unspecified atom stereocenters. The molecule has 10 heterocycles. The van der Waals surface area contributed by atoms with Gasteiger partial charge in [-0.25, -0.2) is 19.2 Å². The molecule has 10 aliphatic rings. The summed E-state index contributed by atoms with van der Waals surface area (Å²) in [5.74, 6) is 1.15. The van der Waals surface area contributed by atoms with Crippen molar-refractivity contribution < 1.29 is 72.3 Å². The standard InChI is InChI=1S/C16H21N3O3.C16H20N2O3.C11H13NO3.C11H11NO3.C8H15N3O.C5H9NO.C3H7NO/c1-17-7-8-18(11-15(17)20)14-9-19(10-14)16(21)22-12-13-5-3-2-4-6-13;19-15-7-4-8-17(11-15)14-9-18(10-14)16(20)21-12-13-5-2-1-3-6-13;2*13-10-6-12(7-10)11(14)15-8-9-4-2-1-3-5-9;1-10-2-3-11(6-8(10)12)7-4-9-5-7;7-5-2-1-3-6-4-5;5-3-1-4-2-3/h2-6,14H,7-12H2,1H3;1-3,5-6,14H,4,7-12H2;1-5,10,13H,6-8H2;1-5H,6-8H2;7,9H,2-6H2,1H3;6H,1-4H2;3-5H,1-2H2. The Morgan fingerprint density at radius 3 is 1.05 bits per heavy atom. The third-order valence-corrected chi connectivity index (χ3v) is 17.6. The number of hydrogen-bond donors (Lipinski definition) is 5. The van der Waals surface area contributed by atoms with Crippen LogP contribution in [0.2, 0.25) is 0 Å². The maximum atomic E-state index is 12.0. The molecular formula is C70H96N12O15. The predicted molar refractivity (Wildman–Crippen MR) is 358 cm³/mol. The number of benzene rings is 4. The van der Waals surface area contributed by atoms with Gasteiger partial charge in [-0.2, -0.15) is 0 Å². The number of β-amino-alcohol motifs (C(OH)–C–C–N with tert-alkyl or cyclic N) is 2. The van der Waals surface area contributed by atoms with Crippen molar-refractivity contribution in [3.05, 3.63) is 144 Å². The number of ether oxygens (including phenoxy) is 4. The molecule has 0 spiro atoms. The second-order valence-electron chi connectivity index (χ2n) is 25.4. The van der Waals surface area contributed by atoms with Gasteiger partial charge in [-0.15, -0.1) is 0 Å². The van der Waals surface area contributed by atoms with Gasteiger partial charge in [0, 0.05) is 124 Å². The Labute approximate surface area is 567 Å². The number of nitrogens with zero attached hydrogens (tertiary/aromatic N) is 9. The van der Waals surface area contributed by atoms with Crippen LogP contribution in [0.1, 0.15) is 47.9 Å². The van der Waals surface area contributed by atoms with E-state index in [0.717, 1.165) is 107 Å². The zero-order valence-electron chi connectivity index (χ0n) is 55.9. The molecule has 0 aliphatic carbocycles. The van der Waals surface area contributed by atoms with Gasteiger partial charge >= 0.3 is 24.4 Å². The van der Waals surface area contributed by atoms with Gasteiger partial charge in [-0.05, 0) is 48.2 Å². The molecule has 0 atom stereocenters. The lowest BCUT2D eigenvalue weighted by molar-refractivity contribution is -0.137. The lowest BCUT2D eigenvalue weighted by Gasteiger charge is -2.46. The Bertz CT molecular complexity index is 3120. The maximum Gasteiger partial charge on any atom is 0.410 e. The van der Waals surface area contributed by atoms with Crippen molar-refractivity contribution in [3.63, 3.8) is 0 Å². The van der Waals surface area contributed by atoms with E-state index in [1.807, 2.05) is 140 Å². The highest BCUT2D eigenvalue weighted by molar-refractivity contribution is 5.94. The van der Waals surface area contributed by atoms with Crippen LogP contribution in [0.4, 0.5) is 19.2 Å². The van der Waals surface area contributed by atoms with E-state index in [1.165, 1.54) is 9.80 Å². The van der Waals surface area contributed by atoms with Crippen LogP contribution in [0.3, 0.4) is 0 Å². The molecule has 4 aromatic carbocycles. The first-order valence-corrected chi connectivity index (χ1v) is 33.5. The molecule has 10 aliphatic heterocycles. The summed E-state index contributed by atoms with van der Waals surface area (Å²) in [5, 5.41) is 26.5. The van der Waals surface area contributed by atoms with Gasteiger partial charge < -0.3 is 69.6 Å². The number of likely N-dealkylation sites (tertiary alicyclic amines) is 5. The second-order valence-corrected chi connectivity index (χ2v) is 25.4. The maximum absolute atomic E-state index is 12.0. The number of Topliss-reactive ketones (excluding diaryl/α,β-unsaturated/α-hetero) is 3. The van der Waals surface area contributed by atoms with Crippen LogP contribution in [0.15, 0.2) is 121 Å². The molecule has 0 radical (unpaired) electrons. The van der Waals surface area contributed by atoms with Crippen molar-refractivity contribution in [1.29, 1.82) is 0 Å². The molecule has 4 aromatic rings. The highest BCUT2D eigenvalue weighted by Gasteiger charge is 2.40. The largest absolute Gasteiger partial charge is 0.445 e. The monoisotopic (exact) mass is 1340 g/mol. The Morgan fingerprint density at radius 2 is 0.753 bits per heavy atom. The van der Waals surface area contributed by atoms with E-state index >= 15 is 0 Å². The molecule has 97 heavy (non-hydrogen) atoms. The first kappa shape index (κ1) is 74.4. The van der Waals surface area contributed by atoms with Crippen molar-refractivity contribution in [2.45, 2.75) is 82.4 Å². The summed E-state index contributed by atoms with van der Waals surface area (Å²) in [6.07, 6.45) is 1.71. The van der Waals surface area contributed by atoms with Gasteiger partial charge in [0.2, 0.25) is 11.8 Å². The topological polar surface area (TPSA) is 296 Å². The fraction of sp³-hybridized carbons (Fsp3) is 0.529. The quantitative estimate of drug-likeness (QED) is 0.135. The van der Waals surface area contributed by atoms with E-state index in [-0.39, 0.29) is 80.4 Å². The van der Waals surface area contributed by atoms with Gasteiger partial charge in [0.1, 0.15) is 38.0 Å². The highest BCUT2D eigenvalue weighted by Crippen LogP contribution is 2.22. The van der Waals surface area contributed by atoms with Crippen LogP contribution in [0.5, 0.6) is 0 Å². The fourth-order valence-corrected chi connectivity index (χ4v) is 10.9. The van der Waals surface area contributed by atoms with Crippen molar-refractivity contribution in [2.75, 3.05) is 158 Å². The van der Waals surface area contributed by atoms with Gasteiger partial charge in [-0.3, -0.25) is 43.6 Å². The van der Waals surface area contributed by atoms with Gasteiger partial charge in [0.05, 0.1) is 64.6 Å². The lowest BCUT2D eigenvalue weighted by Crippen LogP contribution is -2.64. The average Bonchev–Trinajstić information content (AvgIpc) is 0.820. The van der Waals surface area contributed by atoms with E-state index < -0.39 is 6.09 Å². The molecule has 0 bridgehead atoms. The van der Waals surface area contributed by atoms with Crippen molar-refractivity contribution in [2.24, 2.45) is 0 Å². The van der Waals surface area contributed by atoms with E-state index in [2.05, 4.69) is 30.7 Å². The summed E-state index contributed by atoms with van der Waals surface area (Å²) in [6.45, 7) is 16.3. The molecule has 10 saturated heterocycles.